The number of aromatic nitrogens is 2. The van der Waals surface area contributed by atoms with E-state index in [0.717, 1.165) is 13.0 Å². The number of amides is 2. The van der Waals surface area contributed by atoms with E-state index in [4.69, 9.17) is 4.74 Å². The van der Waals surface area contributed by atoms with Crippen LogP contribution >= 0.6 is 0 Å². The number of allylic oxidation sites excluding steroid dienone is 1. The molecule has 0 spiro atoms. The van der Waals surface area contributed by atoms with Crippen molar-refractivity contribution in [3.8, 4) is 0 Å². The number of nitrogens with zero attached hydrogens (tertiary/aromatic N) is 4. The molecule has 0 atom stereocenters. The molecule has 2 amide bonds. The number of hydrogen-bond donors (Lipinski definition) is 1. The molecule has 8 nitrogen and oxygen atoms in total. The highest BCUT2D eigenvalue weighted by atomic mass is 16.6. The van der Waals surface area contributed by atoms with Gasteiger partial charge in [0.05, 0.1) is 6.61 Å². The molecule has 1 saturated heterocycles. The maximum Gasteiger partial charge on any atom is 0.409 e. The first-order chi connectivity index (χ1) is 13.7. The zero-order valence-electron chi connectivity index (χ0n) is 16.5. The lowest BCUT2D eigenvalue weighted by molar-refractivity contribution is 0.0566. The van der Waals surface area contributed by atoms with Gasteiger partial charge in [0.25, 0.3) is 5.91 Å². The average Bonchev–Trinajstić information content (AvgIpc) is 2.74. The highest BCUT2D eigenvalue weighted by Gasteiger charge is 2.26. The molecular weight excluding hydrogens is 358 g/mol. The lowest BCUT2D eigenvalue weighted by atomic mass is 9.97. The van der Waals surface area contributed by atoms with Gasteiger partial charge in [-0.2, -0.15) is 0 Å². The monoisotopic (exact) mass is 387 g/mol. The lowest BCUT2D eigenvalue weighted by Gasteiger charge is -2.33. The molecule has 0 saturated carbocycles. The third-order valence-corrected chi connectivity index (χ3v) is 5.08. The van der Waals surface area contributed by atoms with Gasteiger partial charge in [-0.25, -0.2) is 14.8 Å². The van der Waals surface area contributed by atoms with Crippen LogP contribution in [-0.2, 0) is 4.74 Å². The molecule has 28 heavy (non-hydrogen) atoms. The molecule has 152 valence electrons. The summed E-state index contributed by atoms with van der Waals surface area (Å²) in [5.74, 6) is 0.344. The molecule has 1 aromatic heterocycles. The normalized spacial score (nSPS) is 17.1. The van der Waals surface area contributed by atoms with Crippen LogP contribution in [0.25, 0.3) is 0 Å². The molecule has 3 rings (SSSR count). The second kappa shape index (κ2) is 10.1. The first-order valence-electron chi connectivity index (χ1n) is 10.1. The third-order valence-electron chi connectivity index (χ3n) is 5.08. The van der Waals surface area contributed by atoms with Gasteiger partial charge in [-0.05, 0) is 45.1 Å². The van der Waals surface area contributed by atoms with Crippen molar-refractivity contribution in [3.05, 3.63) is 29.6 Å². The minimum absolute atomic E-state index is 0.135. The van der Waals surface area contributed by atoms with Crippen LogP contribution in [0, 0.1) is 0 Å². The molecule has 8 heteroatoms. The number of nitrogens with one attached hydrogen (secondary N) is 1. The molecule has 1 aliphatic heterocycles. The molecule has 2 aliphatic rings. The molecule has 0 aromatic carbocycles. The predicted octanol–water partition coefficient (Wildman–Crippen LogP) is 2.69. The van der Waals surface area contributed by atoms with Crippen LogP contribution in [0.5, 0.6) is 0 Å². The topological polar surface area (TPSA) is 87.7 Å². The molecule has 1 aliphatic carbocycles. The van der Waals surface area contributed by atoms with Gasteiger partial charge in [-0.3, -0.25) is 4.79 Å². The van der Waals surface area contributed by atoms with Gasteiger partial charge in [-0.1, -0.05) is 11.6 Å². The summed E-state index contributed by atoms with van der Waals surface area (Å²) in [5.41, 5.74) is 1.87. The molecule has 0 radical (unpaired) electrons. The van der Waals surface area contributed by atoms with Crippen molar-refractivity contribution >= 4 is 17.9 Å². The van der Waals surface area contributed by atoms with Crippen LogP contribution in [0.15, 0.2) is 23.9 Å². The Bertz CT molecular complexity index is 714. The Balaban J connectivity index is 1.50. The van der Waals surface area contributed by atoms with Gasteiger partial charge in [0.15, 0.2) is 0 Å². The maximum absolute atomic E-state index is 12.7. The van der Waals surface area contributed by atoms with Crippen molar-refractivity contribution in [2.24, 2.45) is 0 Å². The Labute approximate surface area is 166 Å². The van der Waals surface area contributed by atoms with E-state index in [0.29, 0.717) is 44.4 Å². The minimum atomic E-state index is -0.323. The Kier molecular flexibility index (Phi) is 7.22. The second-order valence-electron chi connectivity index (χ2n) is 7.03. The van der Waals surface area contributed by atoms with Crippen molar-refractivity contribution in [1.29, 1.82) is 0 Å². The summed E-state index contributed by atoms with van der Waals surface area (Å²) in [6.07, 6.45) is 9.53. The van der Waals surface area contributed by atoms with Crippen LogP contribution in [0.3, 0.4) is 0 Å². The van der Waals surface area contributed by atoms with E-state index in [2.05, 4.69) is 21.4 Å². The number of hydrogen-bond acceptors (Lipinski definition) is 6. The van der Waals surface area contributed by atoms with Crippen molar-refractivity contribution in [3.63, 3.8) is 0 Å². The molecule has 2 heterocycles. The molecule has 1 aromatic rings. The van der Waals surface area contributed by atoms with E-state index in [1.807, 2.05) is 0 Å². The predicted molar refractivity (Wildman–Crippen MR) is 106 cm³/mol. The highest BCUT2D eigenvalue weighted by Crippen LogP contribution is 2.19. The fraction of sp³-hybridized carbons (Fsp3) is 0.600. The van der Waals surface area contributed by atoms with E-state index in [1.54, 1.807) is 29.0 Å². The van der Waals surface area contributed by atoms with Crippen LogP contribution in [0.1, 0.15) is 49.5 Å². The fourth-order valence-corrected chi connectivity index (χ4v) is 3.50. The summed E-state index contributed by atoms with van der Waals surface area (Å²) >= 11 is 0. The van der Waals surface area contributed by atoms with E-state index < -0.39 is 0 Å². The minimum Gasteiger partial charge on any atom is -0.450 e. The van der Waals surface area contributed by atoms with Crippen LogP contribution in [0.4, 0.5) is 10.7 Å². The van der Waals surface area contributed by atoms with Crippen molar-refractivity contribution in [2.75, 3.05) is 44.6 Å². The van der Waals surface area contributed by atoms with Gasteiger partial charge in [-0.15, -0.1) is 0 Å². The van der Waals surface area contributed by atoms with Crippen molar-refractivity contribution in [2.45, 2.75) is 39.0 Å². The highest BCUT2D eigenvalue weighted by molar-refractivity contribution is 5.92. The number of carbonyl (C=O) groups excluding carboxylic acids is 2. The van der Waals surface area contributed by atoms with Crippen molar-refractivity contribution in [1.82, 2.24) is 19.8 Å². The van der Waals surface area contributed by atoms with E-state index in [-0.39, 0.29) is 12.0 Å². The Morgan fingerprint density at radius 3 is 2.68 bits per heavy atom. The van der Waals surface area contributed by atoms with E-state index >= 15 is 0 Å². The summed E-state index contributed by atoms with van der Waals surface area (Å²) in [6, 6.07) is 1.63. The smallest absolute Gasteiger partial charge is 0.409 e. The van der Waals surface area contributed by atoms with E-state index in [9.17, 15) is 9.59 Å². The fourth-order valence-electron chi connectivity index (χ4n) is 3.50. The van der Waals surface area contributed by atoms with E-state index in [1.165, 1.54) is 31.3 Å². The van der Waals surface area contributed by atoms with Crippen LogP contribution in [-0.4, -0.2) is 71.1 Å². The molecular formula is C20H29N5O3. The number of rotatable bonds is 6. The second-order valence-corrected chi connectivity index (χ2v) is 7.03. The summed E-state index contributed by atoms with van der Waals surface area (Å²) in [4.78, 5) is 36.5. The average molecular weight is 387 g/mol. The van der Waals surface area contributed by atoms with Gasteiger partial charge in [0.2, 0.25) is 5.95 Å². The number of carbonyl (C=O) groups is 2. The van der Waals surface area contributed by atoms with Gasteiger partial charge >= 0.3 is 6.09 Å². The molecule has 1 N–H and O–H groups in total. The molecule has 0 unspecified atom stereocenters. The Morgan fingerprint density at radius 1 is 1.18 bits per heavy atom. The maximum atomic E-state index is 12.7. The zero-order chi connectivity index (χ0) is 19.8. The van der Waals surface area contributed by atoms with Gasteiger partial charge < -0.3 is 19.9 Å². The Morgan fingerprint density at radius 2 is 1.96 bits per heavy atom. The summed E-state index contributed by atoms with van der Waals surface area (Å²) in [6.45, 7) is 4.78. The number of anilines is 1. The zero-order valence-corrected chi connectivity index (χ0v) is 16.5. The Hall–Kier alpha value is -2.64. The first-order valence-corrected chi connectivity index (χ1v) is 10.1. The van der Waals surface area contributed by atoms with Crippen molar-refractivity contribution < 1.29 is 14.3 Å². The largest absolute Gasteiger partial charge is 0.450 e. The SMILES string of the molecule is CCOC(=O)N1CCN(C(=O)c2ccnc(NCCC3=CCCCC3)n2)CC1. The lowest BCUT2D eigenvalue weighted by Crippen LogP contribution is -2.50. The van der Waals surface area contributed by atoms with Gasteiger partial charge in [0, 0.05) is 38.9 Å². The molecule has 1 fully saturated rings. The third kappa shape index (κ3) is 5.43. The molecule has 0 bridgehead atoms. The summed E-state index contributed by atoms with van der Waals surface area (Å²) in [5, 5.41) is 3.22. The van der Waals surface area contributed by atoms with Gasteiger partial charge in [0.1, 0.15) is 5.69 Å². The number of ether oxygens (including phenoxy) is 1. The standard InChI is InChI=1S/C20H29N5O3/c1-2-28-20(27)25-14-12-24(13-15-25)18(26)17-9-11-22-19(23-17)21-10-8-16-6-4-3-5-7-16/h6,9,11H,2-5,7-8,10,12-15H2,1H3,(H,21,22,23). The number of piperazine rings is 1. The first kappa shape index (κ1) is 20.1. The summed E-state index contributed by atoms with van der Waals surface area (Å²) in [7, 11) is 0. The van der Waals surface area contributed by atoms with Crippen LogP contribution in [0.2, 0.25) is 0 Å². The van der Waals surface area contributed by atoms with Crippen LogP contribution < -0.4 is 5.32 Å². The quantitative estimate of drug-likeness (QED) is 0.755. The summed E-state index contributed by atoms with van der Waals surface area (Å²) < 4.78 is 5.01.